The number of aryl methyl sites for hydroxylation is 2. The predicted octanol–water partition coefficient (Wildman–Crippen LogP) is 3.44. The Kier molecular flexibility index (Phi) is 5.46. The van der Waals surface area contributed by atoms with Gasteiger partial charge in [0, 0.05) is 31.7 Å². The third kappa shape index (κ3) is 4.47. The second-order valence-corrected chi connectivity index (χ2v) is 6.79. The van der Waals surface area contributed by atoms with E-state index in [0.29, 0.717) is 16.1 Å². The number of hydrogen-bond donors (Lipinski definition) is 2. The van der Waals surface area contributed by atoms with E-state index in [1.54, 1.807) is 19.3 Å². The summed E-state index contributed by atoms with van der Waals surface area (Å²) < 4.78 is 40.7. The molecule has 2 heterocycles. The number of carbonyl (C=O) groups is 2. The van der Waals surface area contributed by atoms with Crippen molar-refractivity contribution in [1.82, 2.24) is 19.6 Å². The van der Waals surface area contributed by atoms with Gasteiger partial charge in [-0.1, -0.05) is 0 Å². The number of nitrogens with zero attached hydrogens (tertiary/aromatic N) is 4. The van der Waals surface area contributed by atoms with Crippen molar-refractivity contribution in [2.45, 2.75) is 6.18 Å². The maximum absolute atomic E-state index is 13.0. The summed E-state index contributed by atoms with van der Waals surface area (Å²) in [5.41, 5.74) is -0.443. The smallest absolute Gasteiger partial charge is 0.321 e. The number of rotatable bonds is 4. The third-order valence-corrected chi connectivity index (χ3v) is 4.57. The molecule has 2 aromatic heterocycles. The van der Waals surface area contributed by atoms with Gasteiger partial charge < -0.3 is 10.6 Å². The molecule has 12 heteroatoms. The molecule has 3 aromatic rings. The standard InChI is InChI=1S/C17H14BrF3N6O2/c1-26-8-7-11(24-26)15(28)22-9-3-5-10(6-4-9)23-16(29)13-12(18)14(17(19,20)21)27(2)25-13/h3-8H,1-2H3,(H,22,28)(H,23,29). The number of hydrogen-bond acceptors (Lipinski definition) is 4. The second-order valence-electron chi connectivity index (χ2n) is 5.99. The molecule has 0 saturated carbocycles. The lowest BCUT2D eigenvalue weighted by atomic mass is 10.2. The van der Waals surface area contributed by atoms with Gasteiger partial charge in [0.25, 0.3) is 11.8 Å². The number of amides is 2. The van der Waals surface area contributed by atoms with Gasteiger partial charge in [-0.2, -0.15) is 23.4 Å². The van der Waals surface area contributed by atoms with Crippen molar-refractivity contribution in [3.63, 3.8) is 0 Å². The van der Waals surface area contributed by atoms with E-state index in [1.165, 1.54) is 28.9 Å². The number of halogens is 4. The molecule has 0 aliphatic carbocycles. The summed E-state index contributed by atoms with van der Waals surface area (Å²) >= 11 is 2.80. The van der Waals surface area contributed by atoms with Gasteiger partial charge in [0.15, 0.2) is 17.1 Å². The molecule has 0 aliphatic heterocycles. The highest BCUT2D eigenvalue weighted by molar-refractivity contribution is 9.10. The Balaban J connectivity index is 1.70. The highest BCUT2D eigenvalue weighted by Crippen LogP contribution is 2.36. The average molecular weight is 471 g/mol. The largest absolute Gasteiger partial charge is 0.434 e. The van der Waals surface area contributed by atoms with Crippen LogP contribution in [0.4, 0.5) is 24.5 Å². The lowest BCUT2D eigenvalue weighted by Gasteiger charge is -2.07. The van der Waals surface area contributed by atoms with Crippen LogP contribution in [0.1, 0.15) is 26.7 Å². The van der Waals surface area contributed by atoms with Crippen LogP contribution >= 0.6 is 15.9 Å². The summed E-state index contributed by atoms with van der Waals surface area (Å²) in [6.07, 6.45) is -3.03. The van der Waals surface area contributed by atoms with Crippen LogP contribution in [0.5, 0.6) is 0 Å². The fourth-order valence-electron chi connectivity index (χ4n) is 2.51. The quantitative estimate of drug-likeness (QED) is 0.610. The number of nitrogens with one attached hydrogen (secondary N) is 2. The molecule has 0 spiro atoms. The van der Waals surface area contributed by atoms with E-state index < -0.39 is 33.9 Å². The van der Waals surface area contributed by atoms with E-state index >= 15 is 0 Å². The lowest BCUT2D eigenvalue weighted by molar-refractivity contribution is -0.144. The van der Waals surface area contributed by atoms with Gasteiger partial charge in [-0.15, -0.1) is 0 Å². The Morgan fingerprint density at radius 3 is 1.97 bits per heavy atom. The molecule has 0 bridgehead atoms. The molecule has 3 rings (SSSR count). The van der Waals surface area contributed by atoms with Crippen molar-refractivity contribution in [1.29, 1.82) is 0 Å². The Bertz CT molecular complexity index is 1070. The molecule has 0 saturated heterocycles. The molecule has 0 fully saturated rings. The van der Waals surface area contributed by atoms with E-state index in [0.717, 1.165) is 7.05 Å². The Hall–Kier alpha value is -3.15. The van der Waals surface area contributed by atoms with Crippen LogP contribution in [0.2, 0.25) is 0 Å². The fourth-order valence-corrected chi connectivity index (χ4v) is 3.25. The van der Waals surface area contributed by atoms with Gasteiger partial charge >= 0.3 is 6.18 Å². The van der Waals surface area contributed by atoms with Crippen molar-refractivity contribution in [2.75, 3.05) is 10.6 Å². The van der Waals surface area contributed by atoms with Gasteiger partial charge in [0.1, 0.15) is 0 Å². The van der Waals surface area contributed by atoms with Crippen LogP contribution < -0.4 is 10.6 Å². The average Bonchev–Trinajstić information content (AvgIpc) is 3.19. The van der Waals surface area contributed by atoms with Crippen molar-refractivity contribution < 1.29 is 22.8 Å². The first-order chi connectivity index (χ1) is 13.6. The molecule has 0 atom stereocenters. The predicted molar refractivity (Wildman–Crippen MR) is 101 cm³/mol. The van der Waals surface area contributed by atoms with Crippen molar-refractivity contribution >= 4 is 39.1 Å². The minimum atomic E-state index is -4.66. The zero-order chi connectivity index (χ0) is 21.3. The SMILES string of the molecule is Cn1ccc(C(=O)Nc2ccc(NC(=O)c3nn(C)c(C(F)(F)F)c3Br)cc2)n1. The van der Waals surface area contributed by atoms with Crippen molar-refractivity contribution in [3.8, 4) is 0 Å². The highest BCUT2D eigenvalue weighted by atomic mass is 79.9. The number of alkyl halides is 3. The Morgan fingerprint density at radius 2 is 1.52 bits per heavy atom. The molecule has 0 aliphatic rings. The summed E-state index contributed by atoms with van der Waals surface area (Å²) in [5, 5.41) is 12.7. The number of anilines is 2. The normalized spacial score (nSPS) is 11.4. The molecule has 2 amide bonds. The van der Waals surface area contributed by atoms with E-state index in [-0.39, 0.29) is 5.69 Å². The fraction of sp³-hybridized carbons (Fsp3) is 0.176. The van der Waals surface area contributed by atoms with Crippen LogP contribution in [-0.4, -0.2) is 31.4 Å². The molecule has 29 heavy (non-hydrogen) atoms. The third-order valence-electron chi connectivity index (χ3n) is 3.82. The molecule has 8 nitrogen and oxygen atoms in total. The summed E-state index contributed by atoms with van der Waals surface area (Å²) in [4.78, 5) is 24.4. The molecule has 152 valence electrons. The maximum atomic E-state index is 13.0. The van der Waals surface area contributed by atoms with Gasteiger partial charge in [-0.25, -0.2) is 0 Å². The van der Waals surface area contributed by atoms with Crippen LogP contribution in [-0.2, 0) is 20.3 Å². The van der Waals surface area contributed by atoms with Gasteiger partial charge in [-0.05, 0) is 46.3 Å². The zero-order valence-electron chi connectivity index (χ0n) is 15.1. The maximum Gasteiger partial charge on any atom is 0.434 e. The first-order valence-corrected chi connectivity index (χ1v) is 8.87. The van der Waals surface area contributed by atoms with Crippen molar-refractivity contribution in [2.24, 2.45) is 14.1 Å². The summed E-state index contributed by atoms with van der Waals surface area (Å²) in [5.74, 6) is -1.22. The lowest BCUT2D eigenvalue weighted by Crippen LogP contribution is -2.14. The van der Waals surface area contributed by atoms with Gasteiger partial charge in [0.05, 0.1) is 4.47 Å². The zero-order valence-corrected chi connectivity index (χ0v) is 16.7. The van der Waals surface area contributed by atoms with Crippen LogP contribution in [0.25, 0.3) is 0 Å². The molecule has 1 aromatic carbocycles. The van der Waals surface area contributed by atoms with Crippen LogP contribution in [0, 0.1) is 0 Å². The molecular formula is C17H14BrF3N6O2. The molecule has 2 N–H and O–H groups in total. The van der Waals surface area contributed by atoms with E-state index in [1.807, 2.05) is 0 Å². The molecular weight excluding hydrogens is 457 g/mol. The Morgan fingerprint density at radius 1 is 0.966 bits per heavy atom. The number of aromatic nitrogens is 4. The number of carbonyl (C=O) groups excluding carboxylic acids is 2. The minimum absolute atomic E-state index is 0.241. The first kappa shape index (κ1) is 20.6. The van der Waals surface area contributed by atoms with Gasteiger partial charge in [-0.3, -0.25) is 19.0 Å². The topological polar surface area (TPSA) is 93.8 Å². The minimum Gasteiger partial charge on any atom is -0.321 e. The first-order valence-electron chi connectivity index (χ1n) is 8.08. The Labute approximate surface area is 170 Å². The van der Waals surface area contributed by atoms with E-state index in [9.17, 15) is 22.8 Å². The number of benzene rings is 1. The van der Waals surface area contributed by atoms with E-state index in [2.05, 4.69) is 36.8 Å². The molecule has 0 unspecified atom stereocenters. The second kappa shape index (κ2) is 7.70. The monoisotopic (exact) mass is 470 g/mol. The highest BCUT2D eigenvalue weighted by Gasteiger charge is 2.39. The summed E-state index contributed by atoms with van der Waals surface area (Å²) in [6.45, 7) is 0. The summed E-state index contributed by atoms with van der Waals surface area (Å²) in [7, 11) is 2.79. The summed E-state index contributed by atoms with van der Waals surface area (Å²) in [6, 6.07) is 7.61. The van der Waals surface area contributed by atoms with Crippen molar-refractivity contribution in [3.05, 3.63) is 58.1 Å². The van der Waals surface area contributed by atoms with Crippen LogP contribution in [0.3, 0.4) is 0 Å². The van der Waals surface area contributed by atoms with E-state index in [4.69, 9.17) is 0 Å². The molecule has 0 radical (unpaired) electrons. The van der Waals surface area contributed by atoms with Crippen LogP contribution in [0.15, 0.2) is 41.0 Å². The van der Waals surface area contributed by atoms with Gasteiger partial charge in [0.2, 0.25) is 0 Å².